The smallest absolute Gasteiger partial charge is 0.434 e. The van der Waals surface area contributed by atoms with Crippen LogP contribution in [0.2, 0.25) is 5.02 Å². The highest BCUT2D eigenvalue weighted by atomic mass is 35.5. The molecular weight excluding hydrogens is 402 g/mol. The first-order valence-electron chi connectivity index (χ1n) is 8.49. The second kappa shape index (κ2) is 8.26. The number of aromatic amines is 1. The molecule has 0 bridgehead atoms. The molecule has 0 saturated carbocycles. The van der Waals surface area contributed by atoms with Crippen molar-refractivity contribution in [1.29, 1.82) is 0 Å². The van der Waals surface area contributed by atoms with Gasteiger partial charge in [-0.2, -0.15) is 0 Å². The molecule has 28 heavy (non-hydrogen) atoms. The van der Waals surface area contributed by atoms with Crippen molar-refractivity contribution in [3.63, 3.8) is 0 Å². The van der Waals surface area contributed by atoms with Crippen molar-refractivity contribution in [2.24, 2.45) is 0 Å². The Balaban J connectivity index is 1.87. The number of ether oxygens (including phenoxy) is 1. The average molecular weight is 421 g/mol. The number of nitrogens with zero attached hydrogens (tertiary/aromatic N) is 2. The maximum absolute atomic E-state index is 13.6. The van der Waals surface area contributed by atoms with Crippen LogP contribution in [0.4, 0.5) is 34.9 Å². The summed E-state index contributed by atoms with van der Waals surface area (Å²) in [5.74, 6) is -2.61. The Morgan fingerprint density at radius 2 is 2.11 bits per heavy atom. The molecule has 0 atom stereocenters. The van der Waals surface area contributed by atoms with E-state index < -0.39 is 25.5 Å². The number of nitrogen functional groups attached to an aromatic ring is 1. The van der Waals surface area contributed by atoms with Gasteiger partial charge in [0.1, 0.15) is 6.54 Å². The molecule has 1 aromatic carbocycles. The van der Waals surface area contributed by atoms with Gasteiger partial charge in [-0.25, -0.2) is 22.5 Å². The monoisotopic (exact) mass is 420 g/mol. The van der Waals surface area contributed by atoms with Gasteiger partial charge in [-0.05, 0) is 16.6 Å². The lowest BCUT2D eigenvalue weighted by Gasteiger charge is -2.16. The minimum Gasteiger partial charge on any atom is -0.435 e. The van der Waals surface area contributed by atoms with Gasteiger partial charge < -0.3 is 15.8 Å². The summed E-state index contributed by atoms with van der Waals surface area (Å²) in [6.07, 6.45) is -3.05. The van der Waals surface area contributed by atoms with Crippen LogP contribution in [0.15, 0.2) is 24.3 Å². The topological polar surface area (TPSA) is 77.5 Å². The van der Waals surface area contributed by atoms with Crippen molar-refractivity contribution in [3.8, 4) is 6.01 Å². The molecule has 152 valence electrons. The summed E-state index contributed by atoms with van der Waals surface area (Å²) in [7, 11) is 0. The van der Waals surface area contributed by atoms with Crippen LogP contribution < -0.4 is 25.7 Å². The summed E-state index contributed by atoms with van der Waals surface area (Å²) in [6.45, 7) is -1.15. The van der Waals surface area contributed by atoms with Crippen molar-refractivity contribution in [2.75, 3.05) is 35.6 Å². The molecule has 0 radical (unpaired) electrons. The number of rotatable bonds is 7. The summed E-state index contributed by atoms with van der Waals surface area (Å²) in [5, 5.41) is 3.48. The van der Waals surface area contributed by atoms with Crippen LogP contribution in [0.25, 0.3) is 0 Å². The Hall–Kier alpha value is -2.49. The van der Waals surface area contributed by atoms with Crippen LogP contribution in [0.5, 0.6) is 6.01 Å². The standard InChI is InChI=1S/C17H18ClF4N5O/c18-11-4-2-1-3-10(11)7-24-14-13(23)15(27-6-5-17(21,22)9-27)26-16(25-14)28-8-12(19)20/h1-4,12H,5-9,23H2,(H,24,25,26)/p+1. The van der Waals surface area contributed by atoms with E-state index in [1.54, 1.807) is 24.3 Å². The number of alkyl halides is 4. The number of hydrogen-bond acceptors (Lipinski definition) is 5. The second-order valence-electron chi connectivity index (χ2n) is 6.33. The Labute approximate surface area is 163 Å². The number of anilines is 3. The number of halogens is 5. The van der Waals surface area contributed by atoms with Crippen LogP contribution in [0.1, 0.15) is 12.0 Å². The fourth-order valence-electron chi connectivity index (χ4n) is 2.81. The van der Waals surface area contributed by atoms with E-state index in [1.165, 1.54) is 4.90 Å². The molecular formula is C17H19ClF4N5O+. The lowest BCUT2D eigenvalue weighted by atomic mass is 10.2. The van der Waals surface area contributed by atoms with E-state index in [0.29, 0.717) is 5.02 Å². The van der Waals surface area contributed by atoms with Gasteiger partial charge in [0.25, 0.3) is 18.2 Å². The summed E-state index contributed by atoms with van der Waals surface area (Å²) in [6, 6.07) is 6.83. The van der Waals surface area contributed by atoms with Gasteiger partial charge in [-0.15, -0.1) is 0 Å². The predicted octanol–water partition coefficient (Wildman–Crippen LogP) is 3.23. The third-order valence-corrected chi connectivity index (χ3v) is 4.55. The Morgan fingerprint density at radius 1 is 1.36 bits per heavy atom. The van der Waals surface area contributed by atoms with E-state index in [1.807, 2.05) is 0 Å². The summed E-state index contributed by atoms with van der Waals surface area (Å²) in [5.41, 5.74) is 6.93. The zero-order valence-electron chi connectivity index (χ0n) is 14.7. The average Bonchev–Trinajstić information content (AvgIpc) is 3.00. The van der Waals surface area contributed by atoms with E-state index in [9.17, 15) is 17.6 Å². The molecule has 1 aliphatic rings. The Kier molecular flexibility index (Phi) is 5.97. The summed E-state index contributed by atoms with van der Waals surface area (Å²) >= 11 is 6.11. The molecule has 1 fully saturated rings. The van der Waals surface area contributed by atoms with Crippen molar-refractivity contribution in [3.05, 3.63) is 34.9 Å². The van der Waals surface area contributed by atoms with E-state index in [4.69, 9.17) is 22.1 Å². The highest BCUT2D eigenvalue weighted by Crippen LogP contribution is 2.34. The zero-order chi connectivity index (χ0) is 20.3. The maximum Gasteiger partial charge on any atom is 0.434 e. The number of hydrogen-bond donors (Lipinski definition) is 2. The minimum absolute atomic E-state index is 0.0515. The van der Waals surface area contributed by atoms with Gasteiger partial charge in [0.15, 0.2) is 12.3 Å². The quantitative estimate of drug-likeness (QED) is 0.672. The molecule has 2 aromatic rings. The van der Waals surface area contributed by atoms with Gasteiger partial charge in [0.05, 0.1) is 6.54 Å². The molecule has 1 saturated heterocycles. The molecule has 0 unspecified atom stereocenters. The van der Waals surface area contributed by atoms with Crippen LogP contribution in [0.3, 0.4) is 0 Å². The van der Waals surface area contributed by atoms with Crippen molar-refractivity contribution >= 4 is 28.9 Å². The van der Waals surface area contributed by atoms with E-state index in [2.05, 4.69) is 15.3 Å². The van der Waals surface area contributed by atoms with Gasteiger partial charge in [-0.1, -0.05) is 29.8 Å². The van der Waals surface area contributed by atoms with E-state index >= 15 is 0 Å². The first-order chi connectivity index (χ1) is 13.2. The van der Waals surface area contributed by atoms with Gasteiger partial charge >= 0.3 is 6.01 Å². The van der Waals surface area contributed by atoms with Crippen LogP contribution in [-0.2, 0) is 6.54 Å². The highest BCUT2D eigenvalue weighted by molar-refractivity contribution is 6.31. The summed E-state index contributed by atoms with van der Waals surface area (Å²) in [4.78, 5) is 8.03. The highest BCUT2D eigenvalue weighted by Gasteiger charge is 2.43. The summed E-state index contributed by atoms with van der Waals surface area (Å²) < 4.78 is 57.1. The number of nitrogens with two attached hydrogens (primary N) is 1. The van der Waals surface area contributed by atoms with Crippen LogP contribution >= 0.6 is 11.6 Å². The fourth-order valence-corrected chi connectivity index (χ4v) is 3.01. The lowest BCUT2D eigenvalue weighted by Crippen LogP contribution is -2.32. The molecule has 6 nitrogen and oxygen atoms in total. The molecule has 3 rings (SSSR count). The SMILES string of the molecule is Nc1c(NCc2ccccc2Cl)nc(OCC(F)F)[nH+]c1N1CCC(F)(F)C1. The van der Waals surface area contributed by atoms with Crippen molar-refractivity contribution in [1.82, 2.24) is 4.98 Å². The van der Waals surface area contributed by atoms with Gasteiger partial charge in [0.2, 0.25) is 5.82 Å². The predicted molar refractivity (Wildman–Crippen MR) is 97.3 cm³/mol. The van der Waals surface area contributed by atoms with Crippen LogP contribution in [-0.4, -0.2) is 37.0 Å². The normalized spacial score (nSPS) is 15.9. The zero-order valence-corrected chi connectivity index (χ0v) is 15.4. The lowest BCUT2D eigenvalue weighted by molar-refractivity contribution is -0.386. The molecule has 0 amide bonds. The maximum atomic E-state index is 13.6. The second-order valence-corrected chi connectivity index (χ2v) is 6.73. The molecule has 0 spiro atoms. The number of aromatic nitrogens is 2. The number of benzene rings is 1. The Bertz CT molecular complexity index is 839. The third kappa shape index (κ3) is 4.86. The Morgan fingerprint density at radius 3 is 2.75 bits per heavy atom. The largest absolute Gasteiger partial charge is 0.435 e. The molecule has 1 aromatic heterocycles. The number of nitrogens with one attached hydrogen (secondary N) is 2. The first-order valence-corrected chi connectivity index (χ1v) is 8.87. The first kappa shape index (κ1) is 20.2. The van der Waals surface area contributed by atoms with Crippen molar-refractivity contribution in [2.45, 2.75) is 25.3 Å². The third-order valence-electron chi connectivity index (χ3n) is 4.18. The van der Waals surface area contributed by atoms with E-state index in [-0.39, 0.29) is 42.8 Å². The molecule has 0 aliphatic carbocycles. The van der Waals surface area contributed by atoms with E-state index in [0.717, 1.165) is 5.56 Å². The van der Waals surface area contributed by atoms with Gasteiger partial charge in [-0.3, -0.25) is 4.90 Å². The molecule has 2 heterocycles. The molecule has 11 heteroatoms. The van der Waals surface area contributed by atoms with Gasteiger partial charge in [0, 0.05) is 18.0 Å². The fraction of sp³-hybridized carbons (Fsp3) is 0.412. The van der Waals surface area contributed by atoms with Crippen molar-refractivity contribution < 1.29 is 27.3 Å². The molecule has 1 aliphatic heterocycles. The molecule has 4 N–H and O–H groups in total. The number of H-pyrrole nitrogens is 1. The van der Waals surface area contributed by atoms with Crippen LogP contribution in [0, 0.1) is 0 Å². The minimum atomic E-state index is -2.86.